The standard InChI is InChI=1S/C43H37N5OP/c49-42-39(50(36-25-13-4-14-26-36,37-27-15-5-16-28-37)38-29-17-6-18-30-38)31-32-48(42)40(41-44-46-47-45-41)43(33-19-7-1-8-20-33,34-21-9-2-10-22-34)35-23-11-3-12-24-35/h1-30,39-40H,31-32H2,(H,44,45,46,47). The lowest BCUT2D eigenvalue weighted by Gasteiger charge is -2.46. The maximum atomic E-state index is 15.8. The van der Waals surface area contributed by atoms with E-state index < -0.39 is 18.7 Å². The van der Waals surface area contributed by atoms with Gasteiger partial charge in [-0.3, -0.25) is 4.79 Å². The third kappa shape index (κ3) is 5.15. The summed E-state index contributed by atoms with van der Waals surface area (Å²) >= 11 is 0. The summed E-state index contributed by atoms with van der Waals surface area (Å²) in [6.07, 6.45) is 0.678. The lowest BCUT2D eigenvalue weighted by Crippen LogP contribution is -2.49. The van der Waals surface area contributed by atoms with E-state index in [9.17, 15) is 0 Å². The van der Waals surface area contributed by atoms with Crippen LogP contribution >= 0.6 is 7.26 Å². The molecule has 0 spiro atoms. The molecule has 2 heterocycles. The number of carbonyl (C=O) groups excluding carboxylic acids is 1. The van der Waals surface area contributed by atoms with Gasteiger partial charge in [0.2, 0.25) is 5.91 Å². The Labute approximate surface area is 293 Å². The fourth-order valence-electron chi connectivity index (χ4n) is 8.22. The van der Waals surface area contributed by atoms with Crippen molar-refractivity contribution in [2.45, 2.75) is 23.5 Å². The Balaban J connectivity index is 1.40. The molecule has 1 N–H and O–H groups in total. The number of nitrogens with one attached hydrogen (secondary N) is 1. The molecule has 1 amide bonds. The van der Waals surface area contributed by atoms with Gasteiger partial charge in [0.1, 0.15) is 6.04 Å². The van der Waals surface area contributed by atoms with Crippen LogP contribution in [0.5, 0.6) is 0 Å². The summed E-state index contributed by atoms with van der Waals surface area (Å²) < 4.78 is 0. The van der Waals surface area contributed by atoms with Gasteiger partial charge in [-0.2, -0.15) is 0 Å². The van der Waals surface area contributed by atoms with E-state index in [1.165, 1.54) is 15.9 Å². The number of tetrazole rings is 1. The Hall–Kier alpha value is -5.71. The van der Waals surface area contributed by atoms with Gasteiger partial charge >= 0.3 is 0 Å². The van der Waals surface area contributed by atoms with Crippen molar-refractivity contribution in [3.63, 3.8) is 0 Å². The molecule has 6 nitrogen and oxygen atoms in total. The number of likely N-dealkylation sites (tertiary alicyclic amines) is 1. The molecule has 1 saturated heterocycles. The first-order valence-electron chi connectivity index (χ1n) is 17.0. The van der Waals surface area contributed by atoms with Crippen molar-refractivity contribution in [3.05, 3.63) is 205 Å². The summed E-state index contributed by atoms with van der Waals surface area (Å²) in [6, 6.07) is 62.9. The fraction of sp³-hybridized carbons (Fsp3) is 0.116. The second-order valence-corrected chi connectivity index (χ2v) is 16.3. The van der Waals surface area contributed by atoms with E-state index in [0.717, 1.165) is 16.7 Å². The Morgan fingerprint density at radius 3 is 1.32 bits per heavy atom. The number of amides is 1. The topological polar surface area (TPSA) is 74.8 Å². The lowest BCUT2D eigenvalue weighted by molar-refractivity contribution is -0.130. The summed E-state index contributed by atoms with van der Waals surface area (Å²) in [5.41, 5.74) is 1.97. The van der Waals surface area contributed by atoms with Crippen molar-refractivity contribution in [3.8, 4) is 0 Å². The number of aromatic nitrogens is 4. The first-order valence-corrected chi connectivity index (χ1v) is 18.9. The maximum absolute atomic E-state index is 15.8. The molecule has 50 heavy (non-hydrogen) atoms. The average molecular weight is 671 g/mol. The van der Waals surface area contributed by atoms with Gasteiger partial charge in [0, 0.05) is 6.54 Å². The van der Waals surface area contributed by atoms with Gasteiger partial charge in [-0.15, -0.1) is 5.10 Å². The number of carbonyl (C=O) groups is 1. The second-order valence-electron chi connectivity index (χ2n) is 12.7. The highest BCUT2D eigenvalue weighted by molar-refractivity contribution is 7.96. The van der Waals surface area contributed by atoms with Crippen LogP contribution in [0.15, 0.2) is 182 Å². The number of hydrogen-bond donors (Lipinski definition) is 1. The molecule has 1 aliphatic heterocycles. The SMILES string of the molecule is O=C1C([P](c2ccccc2)(c2ccccc2)c2ccccc2)CCN1C(c1nnn[nH]1)C(c1ccccc1)(c1ccccc1)c1ccccc1. The molecule has 7 aromatic rings. The minimum absolute atomic E-state index is 0.100. The van der Waals surface area contributed by atoms with Crippen LogP contribution in [0.25, 0.3) is 0 Å². The molecule has 2 atom stereocenters. The molecule has 1 aliphatic rings. The molecule has 0 bridgehead atoms. The highest BCUT2D eigenvalue weighted by atomic mass is 31.2. The van der Waals surface area contributed by atoms with Crippen LogP contribution in [0.2, 0.25) is 0 Å². The van der Waals surface area contributed by atoms with Crippen LogP contribution in [0.4, 0.5) is 0 Å². The number of aromatic amines is 1. The van der Waals surface area contributed by atoms with Crippen LogP contribution in [-0.2, 0) is 10.2 Å². The normalized spacial score (nSPS) is 15.6. The van der Waals surface area contributed by atoms with Crippen molar-refractivity contribution in [2.75, 3.05) is 6.54 Å². The maximum Gasteiger partial charge on any atom is 0.231 e. The van der Waals surface area contributed by atoms with E-state index in [4.69, 9.17) is 0 Å². The van der Waals surface area contributed by atoms with Crippen LogP contribution in [0.3, 0.4) is 0 Å². The monoisotopic (exact) mass is 670 g/mol. The van der Waals surface area contributed by atoms with Gasteiger partial charge in [0.15, 0.2) is 5.82 Å². The van der Waals surface area contributed by atoms with E-state index in [1.807, 2.05) is 18.2 Å². The predicted molar refractivity (Wildman–Crippen MR) is 201 cm³/mol. The summed E-state index contributed by atoms with van der Waals surface area (Å²) in [6.45, 7) is 0.539. The zero-order valence-corrected chi connectivity index (χ0v) is 28.4. The molecule has 7 heteroatoms. The molecule has 8 rings (SSSR count). The fourth-order valence-corrected chi connectivity index (χ4v) is 13.1. The van der Waals surface area contributed by atoms with Crippen molar-refractivity contribution in [1.29, 1.82) is 0 Å². The number of benzene rings is 6. The van der Waals surface area contributed by atoms with Crippen molar-refractivity contribution >= 4 is 29.1 Å². The number of H-pyrrole nitrogens is 1. The highest BCUT2D eigenvalue weighted by Crippen LogP contribution is 2.63. The minimum atomic E-state index is -2.53. The van der Waals surface area contributed by atoms with Crippen molar-refractivity contribution in [1.82, 2.24) is 25.5 Å². The quantitative estimate of drug-likeness (QED) is 0.127. The largest absolute Gasteiger partial charge is 0.330 e. The lowest BCUT2D eigenvalue weighted by atomic mass is 9.64. The number of hydrogen-bond acceptors (Lipinski definition) is 4. The number of rotatable bonds is 10. The van der Waals surface area contributed by atoms with Crippen LogP contribution in [-0.4, -0.2) is 43.6 Å². The molecule has 0 saturated carbocycles. The van der Waals surface area contributed by atoms with E-state index >= 15 is 4.79 Å². The van der Waals surface area contributed by atoms with Crippen LogP contribution < -0.4 is 15.9 Å². The second kappa shape index (κ2) is 13.7. The minimum Gasteiger partial charge on any atom is -0.330 e. The molecule has 0 aliphatic carbocycles. The van der Waals surface area contributed by atoms with Crippen molar-refractivity contribution in [2.24, 2.45) is 0 Å². The number of nitrogens with zero attached hydrogens (tertiary/aromatic N) is 4. The molecule has 1 aromatic heterocycles. The highest BCUT2D eigenvalue weighted by Gasteiger charge is 2.56. The van der Waals surface area contributed by atoms with Gasteiger partial charge in [-0.25, -0.2) is 5.10 Å². The zero-order valence-electron chi connectivity index (χ0n) is 27.5. The van der Waals surface area contributed by atoms with E-state index in [2.05, 4.69) is 189 Å². The third-order valence-corrected chi connectivity index (χ3v) is 15.0. The molecule has 1 radical (unpaired) electrons. The summed E-state index contributed by atoms with van der Waals surface area (Å²) in [5, 5.41) is 19.5. The van der Waals surface area contributed by atoms with E-state index in [-0.39, 0.29) is 11.6 Å². The van der Waals surface area contributed by atoms with E-state index in [0.29, 0.717) is 18.8 Å². The molecular weight excluding hydrogens is 633 g/mol. The molecule has 1 fully saturated rings. The molecular formula is C43H37N5OP. The van der Waals surface area contributed by atoms with Gasteiger partial charge in [-0.1, -0.05) is 182 Å². The molecule has 6 aromatic carbocycles. The Kier molecular flexibility index (Phi) is 8.62. The Morgan fingerprint density at radius 2 is 0.960 bits per heavy atom. The average Bonchev–Trinajstić information content (AvgIpc) is 3.87. The third-order valence-electron chi connectivity index (χ3n) is 10.2. The summed E-state index contributed by atoms with van der Waals surface area (Å²) in [4.78, 5) is 17.9. The smallest absolute Gasteiger partial charge is 0.231 e. The Morgan fingerprint density at radius 1 is 0.580 bits per heavy atom. The first kappa shape index (κ1) is 31.6. The summed E-state index contributed by atoms with van der Waals surface area (Å²) in [7, 11) is -2.53. The molecule has 245 valence electrons. The summed E-state index contributed by atoms with van der Waals surface area (Å²) in [5.74, 6) is 0.641. The van der Waals surface area contributed by atoms with Crippen molar-refractivity contribution < 1.29 is 4.79 Å². The predicted octanol–water partition coefficient (Wildman–Crippen LogP) is 6.87. The van der Waals surface area contributed by atoms with Gasteiger partial charge in [0.05, 0.1) is 11.1 Å². The van der Waals surface area contributed by atoms with Gasteiger partial charge in [-0.05, 0) is 56.7 Å². The zero-order chi connectivity index (χ0) is 33.8. The van der Waals surface area contributed by atoms with Crippen LogP contribution in [0.1, 0.15) is 35.0 Å². The van der Waals surface area contributed by atoms with E-state index in [1.54, 1.807) is 0 Å². The van der Waals surface area contributed by atoms with Crippen LogP contribution in [0, 0.1) is 0 Å². The first-order chi connectivity index (χ1) is 24.8. The Bertz CT molecular complexity index is 1940. The van der Waals surface area contributed by atoms with Gasteiger partial charge in [0.25, 0.3) is 0 Å². The van der Waals surface area contributed by atoms with Gasteiger partial charge < -0.3 is 4.90 Å². The molecule has 2 unspecified atom stereocenters.